The van der Waals surface area contributed by atoms with E-state index in [9.17, 15) is 9.59 Å². The number of pyridine rings is 2. The Morgan fingerprint density at radius 1 is 0.905 bits per heavy atom. The minimum absolute atomic E-state index is 0.295. The van der Waals surface area contributed by atoms with Gasteiger partial charge in [-0.05, 0) is 37.1 Å². The molecule has 0 spiro atoms. The first-order chi connectivity index (χ1) is 10.2. The minimum Gasteiger partial charge on any atom is -0.324 e. The van der Waals surface area contributed by atoms with Crippen molar-refractivity contribution in [1.82, 2.24) is 9.97 Å². The number of amides is 2. The fourth-order valence-electron chi connectivity index (χ4n) is 2.06. The van der Waals surface area contributed by atoms with Crippen molar-refractivity contribution in [2.24, 2.45) is 5.41 Å². The van der Waals surface area contributed by atoms with Gasteiger partial charge in [-0.15, -0.1) is 0 Å². The van der Waals surface area contributed by atoms with E-state index in [2.05, 4.69) is 20.6 Å². The van der Waals surface area contributed by atoms with E-state index in [0.717, 1.165) is 0 Å². The van der Waals surface area contributed by atoms with Crippen LogP contribution in [-0.2, 0) is 9.59 Å². The molecule has 1 aliphatic carbocycles. The van der Waals surface area contributed by atoms with E-state index < -0.39 is 5.41 Å². The molecule has 1 aliphatic rings. The number of nitrogens with zero attached hydrogens (tertiary/aromatic N) is 2. The average Bonchev–Trinajstić information content (AvgIpc) is 3.31. The topological polar surface area (TPSA) is 84.0 Å². The molecule has 6 nitrogen and oxygen atoms in total. The Labute approximate surface area is 121 Å². The summed E-state index contributed by atoms with van der Waals surface area (Å²) < 4.78 is 0. The van der Waals surface area contributed by atoms with Crippen LogP contribution < -0.4 is 10.6 Å². The quantitative estimate of drug-likeness (QED) is 0.838. The van der Waals surface area contributed by atoms with Gasteiger partial charge in [-0.25, -0.2) is 0 Å². The number of carbonyl (C=O) groups excluding carboxylic acids is 2. The third-order valence-corrected chi connectivity index (χ3v) is 3.46. The van der Waals surface area contributed by atoms with E-state index in [4.69, 9.17) is 0 Å². The highest BCUT2D eigenvalue weighted by Crippen LogP contribution is 2.47. The third kappa shape index (κ3) is 2.74. The van der Waals surface area contributed by atoms with Gasteiger partial charge in [-0.2, -0.15) is 0 Å². The predicted octanol–water partition coefficient (Wildman–Crippen LogP) is 1.83. The molecule has 2 aromatic rings. The van der Waals surface area contributed by atoms with Gasteiger partial charge >= 0.3 is 0 Å². The molecule has 0 saturated heterocycles. The summed E-state index contributed by atoms with van der Waals surface area (Å²) in [5.41, 5.74) is 0.192. The van der Waals surface area contributed by atoms with Crippen molar-refractivity contribution in [2.75, 3.05) is 10.6 Å². The van der Waals surface area contributed by atoms with Gasteiger partial charge in [-0.3, -0.25) is 19.6 Å². The normalized spacial score (nSPS) is 15.0. The number of carbonyl (C=O) groups is 2. The van der Waals surface area contributed by atoms with Crippen LogP contribution >= 0.6 is 0 Å². The smallest absolute Gasteiger partial charge is 0.240 e. The highest BCUT2D eigenvalue weighted by atomic mass is 16.2. The lowest BCUT2D eigenvalue weighted by molar-refractivity contribution is -0.131. The maximum atomic E-state index is 12.3. The molecular formula is C15H14N4O2. The number of rotatable bonds is 4. The minimum atomic E-state index is -0.980. The summed E-state index contributed by atoms with van der Waals surface area (Å²) in [5.74, 6) is -0.589. The molecule has 6 heteroatoms. The standard InChI is InChI=1S/C15H14N4O2/c20-13(18-11-3-1-7-16-9-11)15(5-6-15)14(21)19-12-4-2-8-17-10-12/h1-4,7-10H,5-6H2,(H,18,20)(H,19,21). The average molecular weight is 282 g/mol. The zero-order valence-corrected chi connectivity index (χ0v) is 11.2. The molecule has 2 aromatic heterocycles. The second-order valence-corrected chi connectivity index (χ2v) is 4.97. The van der Waals surface area contributed by atoms with Crippen molar-refractivity contribution in [1.29, 1.82) is 0 Å². The highest BCUT2D eigenvalue weighted by Gasteiger charge is 2.56. The van der Waals surface area contributed by atoms with Gasteiger partial charge in [0.1, 0.15) is 5.41 Å². The molecule has 106 valence electrons. The lowest BCUT2D eigenvalue weighted by atomic mass is 10.0. The monoisotopic (exact) mass is 282 g/mol. The maximum Gasteiger partial charge on any atom is 0.240 e. The van der Waals surface area contributed by atoms with Crippen LogP contribution in [0.15, 0.2) is 49.1 Å². The zero-order valence-electron chi connectivity index (χ0n) is 11.2. The van der Waals surface area contributed by atoms with Crippen molar-refractivity contribution in [3.05, 3.63) is 49.1 Å². The van der Waals surface area contributed by atoms with Crippen LogP contribution in [-0.4, -0.2) is 21.8 Å². The second-order valence-electron chi connectivity index (χ2n) is 4.97. The van der Waals surface area contributed by atoms with E-state index in [-0.39, 0.29) is 11.8 Å². The Morgan fingerprint density at radius 2 is 1.38 bits per heavy atom. The van der Waals surface area contributed by atoms with E-state index in [1.807, 2.05) is 0 Å². The van der Waals surface area contributed by atoms with Gasteiger partial charge in [0, 0.05) is 12.4 Å². The van der Waals surface area contributed by atoms with Crippen LogP contribution in [0.3, 0.4) is 0 Å². The SMILES string of the molecule is O=C(Nc1cccnc1)C1(C(=O)Nc2cccnc2)CC1. The zero-order chi connectivity index (χ0) is 14.7. The van der Waals surface area contributed by atoms with E-state index in [1.165, 1.54) is 0 Å². The number of hydrogen-bond donors (Lipinski definition) is 2. The Hall–Kier alpha value is -2.76. The van der Waals surface area contributed by atoms with Crippen molar-refractivity contribution in [3.63, 3.8) is 0 Å². The molecule has 3 rings (SSSR count). The maximum absolute atomic E-state index is 12.3. The van der Waals surface area contributed by atoms with Crippen molar-refractivity contribution in [2.45, 2.75) is 12.8 Å². The first kappa shape index (κ1) is 13.2. The highest BCUT2D eigenvalue weighted by molar-refractivity contribution is 6.16. The molecule has 0 aliphatic heterocycles. The Balaban J connectivity index is 1.69. The molecule has 2 heterocycles. The summed E-state index contributed by atoms with van der Waals surface area (Å²) >= 11 is 0. The van der Waals surface area contributed by atoms with Crippen molar-refractivity contribution >= 4 is 23.2 Å². The molecule has 0 aromatic carbocycles. The molecule has 21 heavy (non-hydrogen) atoms. The van der Waals surface area contributed by atoms with Gasteiger partial charge in [0.05, 0.1) is 23.8 Å². The lowest BCUT2D eigenvalue weighted by Crippen LogP contribution is -2.35. The van der Waals surface area contributed by atoms with E-state index in [1.54, 1.807) is 49.1 Å². The first-order valence-corrected chi connectivity index (χ1v) is 6.64. The van der Waals surface area contributed by atoms with E-state index in [0.29, 0.717) is 24.2 Å². The van der Waals surface area contributed by atoms with Gasteiger partial charge < -0.3 is 10.6 Å². The number of aromatic nitrogens is 2. The summed E-state index contributed by atoms with van der Waals surface area (Å²) in [6, 6.07) is 6.93. The number of nitrogens with one attached hydrogen (secondary N) is 2. The molecule has 1 saturated carbocycles. The molecule has 0 unspecified atom stereocenters. The predicted molar refractivity (Wildman–Crippen MR) is 77.4 cm³/mol. The summed E-state index contributed by atoms with van der Waals surface area (Å²) in [6.07, 6.45) is 7.44. The van der Waals surface area contributed by atoms with Gasteiger partial charge in [-0.1, -0.05) is 0 Å². The van der Waals surface area contributed by atoms with Crippen LogP contribution in [0.2, 0.25) is 0 Å². The van der Waals surface area contributed by atoms with Gasteiger partial charge in [0.25, 0.3) is 0 Å². The van der Waals surface area contributed by atoms with Gasteiger partial charge in [0.2, 0.25) is 11.8 Å². The Morgan fingerprint density at radius 3 is 1.71 bits per heavy atom. The van der Waals surface area contributed by atoms with Crippen LogP contribution in [0, 0.1) is 5.41 Å². The van der Waals surface area contributed by atoms with Gasteiger partial charge in [0.15, 0.2) is 0 Å². The molecule has 0 radical (unpaired) electrons. The van der Waals surface area contributed by atoms with Crippen LogP contribution in [0.25, 0.3) is 0 Å². The van der Waals surface area contributed by atoms with Crippen LogP contribution in [0.1, 0.15) is 12.8 Å². The fraction of sp³-hybridized carbons (Fsp3) is 0.200. The summed E-state index contributed by atoms with van der Waals surface area (Å²) in [7, 11) is 0. The largest absolute Gasteiger partial charge is 0.324 e. The lowest BCUT2D eigenvalue weighted by Gasteiger charge is -2.15. The first-order valence-electron chi connectivity index (χ1n) is 6.64. The second kappa shape index (κ2) is 5.32. The fourth-order valence-corrected chi connectivity index (χ4v) is 2.06. The van der Waals surface area contributed by atoms with Crippen molar-refractivity contribution < 1.29 is 9.59 Å². The molecule has 0 atom stereocenters. The number of anilines is 2. The summed E-state index contributed by atoms with van der Waals surface area (Å²) in [6.45, 7) is 0. The molecule has 1 fully saturated rings. The summed E-state index contributed by atoms with van der Waals surface area (Å²) in [5, 5.41) is 5.47. The van der Waals surface area contributed by atoms with Crippen molar-refractivity contribution in [3.8, 4) is 0 Å². The summed E-state index contributed by atoms with van der Waals surface area (Å²) in [4.78, 5) is 32.5. The molecule has 2 N–H and O–H groups in total. The molecule has 0 bridgehead atoms. The number of hydrogen-bond acceptors (Lipinski definition) is 4. The Kier molecular flexibility index (Phi) is 3.35. The van der Waals surface area contributed by atoms with E-state index >= 15 is 0 Å². The molecule has 2 amide bonds. The van der Waals surface area contributed by atoms with Crippen LogP contribution in [0.4, 0.5) is 11.4 Å². The molecular weight excluding hydrogens is 268 g/mol. The van der Waals surface area contributed by atoms with Crippen LogP contribution in [0.5, 0.6) is 0 Å². The Bertz CT molecular complexity index is 598. The third-order valence-electron chi connectivity index (χ3n) is 3.46.